The molecule has 0 saturated carbocycles. The molecule has 0 N–H and O–H groups in total. The summed E-state index contributed by atoms with van der Waals surface area (Å²) in [5.74, 6) is 2.52. The van der Waals surface area contributed by atoms with Gasteiger partial charge in [0.2, 0.25) is 0 Å². The number of ether oxygens (including phenoxy) is 1. The molecule has 0 atom stereocenters. The number of nitrogens with zero attached hydrogens (tertiary/aromatic N) is 5. The van der Waals surface area contributed by atoms with Gasteiger partial charge in [0.1, 0.15) is 25.4 Å². The molecule has 0 unspecified atom stereocenters. The van der Waals surface area contributed by atoms with Gasteiger partial charge in [0.15, 0.2) is 0 Å². The highest BCUT2D eigenvalue weighted by molar-refractivity contribution is 7.02. The van der Waals surface area contributed by atoms with Crippen LogP contribution in [0.2, 0.25) is 13.1 Å². The van der Waals surface area contributed by atoms with Crippen LogP contribution in [-0.4, -0.2) is 24.6 Å². The van der Waals surface area contributed by atoms with Crippen molar-refractivity contribution < 1.29 is 9.30 Å². The number of anilines is 4. The van der Waals surface area contributed by atoms with Crippen molar-refractivity contribution in [1.29, 1.82) is 0 Å². The molecule has 0 spiro atoms. The van der Waals surface area contributed by atoms with Gasteiger partial charge >= 0.3 is 6.98 Å². The van der Waals surface area contributed by atoms with Crippen molar-refractivity contribution in [2.24, 2.45) is 0 Å². The third-order valence-corrected chi connectivity index (χ3v) is 15.2. The van der Waals surface area contributed by atoms with Crippen molar-refractivity contribution in [3.05, 3.63) is 163 Å². The SMILES string of the molecule is Cc1cccc(C)c1N1B2c3ccccc3-c3cccnc3N2c2cc(Oc3ccc4c(c3)-n3[c-][n+](-c5ccccc5)c5cccc(c53)[Si]4(C)C)ccc21. The van der Waals surface area contributed by atoms with Gasteiger partial charge in [-0.25, -0.2) is 4.98 Å². The molecule has 0 amide bonds. The van der Waals surface area contributed by atoms with E-state index in [1.54, 1.807) is 0 Å². The zero-order valence-electron chi connectivity index (χ0n) is 30.6. The zero-order valence-corrected chi connectivity index (χ0v) is 31.6. The van der Waals surface area contributed by atoms with E-state index in [0.717, 1.165) is 51.1 Å². The first-order valence-electron chi connectivity index (χ1n) is 18.6. The number of pyridine rings is 1. The average Bonchev–Trinajstić information content (AvgIpc) is 3.75. The molecule has 0 aliphatic carbocycles. The van der Waals surface area contributed by atoms with Crippen molar-refractivity contribution in [3.63, 3.8) is 0 Å². The summed E-state index contributed by atoms with van der Waals surface area (Å²) in [6.07, 6.45) is 5.63. The van der Waals surface area contributed by atoms with Gasteiger partial charge in [-0.1, -0.05) is 98.0 Å². The third kappa shape index (κ3) is 4.28. The second-order valence-electron chi connectivity index (χ2n) is 15.2. The van der Waals surface area contributed by atoms with Crippen molar-refractivity contribution in [1.82, 2.24) is 9.55 Å². The standard InChI is InChI=1S/C46H36BN5OSi/c1-30-13-10-14-31(2)44(30)51-38-24-22-33(27-40(38)52-46-36(18-12-26-48-46)35-17-8-9-19-37(35)47(51)52)53-34-23-25-42-41(28-34)50-29-49(32-15-6-5-7-16-32)39-20-11-21-43(45(39)50)54(42,3)4/h5-28H,1-4H3. The minimum atomic E-state index is -2.04. The van der Waals surface area contributed by atoms with E-state index in [0.29, 0.717) is 0 Å². The van der Waals surface area contributed by atoms with Crippen LogP contribution < -0.4 is 34.8 Å². The maximum Gasteiger partial charge on any atom is 0.422 e. The molecule has 0 saturated heterocycles. The minimum Gasteiger partial charge on any atom is -0.458 e. The Balaban J connectivity index is 1.06. The molecular weight excluding hydrogens is 677 g/mol. The van der Waals surface area contributed by atoms with Crippen LogP contribution in [0, 0.1) is 20.2 Å². The molecule has 8 heteroatoms. The van der Waals surface area contributed by atoms with Crippen LogP contribution >= 0.6 is 0 Å². The smallest absolute Gasteiger partial charge is 0.422 e. The molecule has 258 valence electrons. The fourth-order valence-electron chi connectivity index (χ4n) is 9.22. The monoisotopic (exact) mass is 713 g/mol. The number of para-hydroxylation sites is 3. The molecule has 2 aromatic heterocycles. The molecule has 0 radical (unpaired) electrons. The highest BCUT2D eigenvalue weighted by atomic mass is 28.3. The van der Waals surface area contributed by atoms with Crippen LogP contribution in [0.15, 0.2) is 146 Å². The fraction of sp³-hybridized carbons (Fsp3) is 0.0870. The normalized spacial score (nSPS) is 14.3. The summed E-state index contributed by atoms with van der Waals surface area (Å²) < 4.78 is 11.3. The van der Waals surface area contributed by atoms with E-state index in [9.17, 15) is 0 Å². The van der Waals surface area contributed by atoms with Crippen LogP contribution in [0.3, 0.4) is 0 Å². The largest absolute Gasteiger partial charge is 0.458 e. The number of hydrogen-bond donors (Lipinski definition) is 0. The molecule has 3 aliphatic heterocycles. The Bertz CT molecular complexity index is 2830. The molecule has 6 nitrogen and oxygen atoms in total. The number of aryl methyl sites for hydroxylation is 2. The maximum atomic E-state index is 6.85. The van der Waals surface area contributed by atoms with Crippen molar-refractivity contribution in [2.45, 2.75) is 26.9 Å². The summed E-state index contributed by atoms with van der Waals surface area (Å²) in [7, 11) is -2.04. The summed E-state index contributed by atoms with van der Waals surface area (Å²) in [4.78, 5) is 9.92. The van der Waals surface area contributed by atoms with Gasteiger partial charge in [0.25, 0.3) is 6.33 Å². The van der Waals surface area contributed by atoms with Crippen LogP contribution in [0.5, 0.6) is 11.5 Å². The number of benzene rings is 6. The van der Waals surface area contributed by atoms with Crippen molar-refractivity contribution >= 4 is 64.8 Å². The van der Waals surface area contributed by atoms with Crippen LogP contribution in [0.1, 0.15) is 11.1 Å². The Morgan fingerprint density at radius 2 is 1.37 bits per heavy atom. The Morgan fingerprint density at radius 3 is 2.20 bits per heavy atom. The summed E-state index contributed by atoms with van der Waals surface area (Å²) in [5.41, 5.74) is 14.1. The van der Waals surface area contributed by atoms with E-state index in [1.165, 1.54) is 43.7 Å². The quantitative estimate of drug-likeness (QED) is 0.105. The molecule has 0 fully saturated rings. The van der Waals surface area contributed by atoms with Gasteiger partial charge in [-0.3, -0.25) is 9.13 Å². The van der Waals surface area contributed by atoms with Crippen LogP contribution in [-0.2, 0) is 0 Å². The first-order valence-corrected chi connectivity index (χ1v) is 21.6. The number of imidazole rings is 1. The predicted molar refractivity (Wildman–Crippen MR) is 222 cm³/mol. The first kappa shape index (κ1) is 31.2. The Hall–Kier alpha value is -6.38. The van der Waals surface area contributed by atoms with E-state index in [4.69, 9.17) is 9.72 Å². The third-order valence-electron chi connectivity index (χ3n) is 11.7. The molecule has 3 aliphatic rings. The van der Waals surface area contributed by atoms with Gasteiger partial charge in [-0.15, -0.1) is 0 Å². The van der Waals surface area contributed by atoms with Crippen LogP contribution in [0.25, 0.3) is 33.5 Å². The second-order valence-corrected chi connectivity index (χ2v) is 19.5. The highest BCUT2D eigenvalue weighted by Crippen LogP contribution is 2.52. The number of hydrogen-bond acceptors (Lipinski definition) is 4. The summed E-state index contributed by atoms with van der Waals surface area (Å²) >= 11 is 0. The lowest BCUT2D eigenvalue weighted by molar-refractivity contribution is -0.572. The van der Waals surface area contributed by atoms with Gasteiger partial charge in [0, 0.05) is 23.5 Å². The Morgan fingerprint density at radius 1 is 0.648 bits per heavy atom. The minimum absolute atomic E-state index is 0.104. The molecule has 6 aromatic carbocycles. The van der Waals surface area contributed by atoms with E-state index in [2.05, 4.69) is 185 Å². The molecule has 54 heavy (non-hydrogen) atoms. The zero-order chi connectivity index (χ0) is 36.3. The predicted octanol–water partition coefficient (Wildman–Crippen LogP) is 8.31. The lowest BCUT2D eigenvalue weighted by atomic mass is 9.59. The second kappa shape index (κ2) is 11.3. The Labute approximate surface area is 316 Å². The number of fused-ring (bicyclic) bond motifs is 10. The molecule has 11 rings (SSSR count). The van der Waals surface area contributed by atoms with E-state index in [1.807, 2.05) is 12.3 Å². The van der Waals surface area contributed by atoms with Crippen molar-refractivity contribution in [2.75, 3.05) is 9.62 Å². The lowest BCUT2D eigenvalue weighted by Crippen LogP contribution is -2.57. The van der Waals surface area contributed by atoms with Gasteiger partial charge in [0.05, 0.1) is 33.8 Å². The molecule has 5 heterocycles. The van der Waals surface area contributed by atoms with Gasteiger partial charge < -0.3 is 14.4 Å². The molecule has 8 aromatic rings. The summed E-state index contributed by atoms with van der Waals surface area (Å²) in [6.45, 7) is 9.21. The Kier molecular flexibility index (Phi) is 6.53. The summed E-state index contributed by atoms with van der Waals surface area (Å²) in [5, 5.41) is 2.79. The van der Waals surface area contributed by atoms with E-state index in [-0.39, 0.29) is 6.98 Å². The highest BCUT2D eigenvalue weighted by Gasteiger charge is 2.49. The van der Waals surface area contributed by atoms with E-state index < -0.39 is 8.07 Å². The fourth-order valence-corrected chi connectivity index (χ4v) is 12.2. The molecule has 0 bridgehead atoms. The van der Waals surface area contributed by atoms with Gasteiger partial charge in [-0.05, 0) is 94.9 Å². The van der Waals surface area contributed by atoms with E-state index >= 15 is 0 Å². The van der Waals surface area contributed by atoms with Crippen molar-refractivity contribution in [3.8, 4) is 34.0 Å². The average molecular weight is 714 g/mol. The topological polar surface area (TPSA) is 37.4 Å². The molecular formula is C46H36BN5OSi. The lowest BCUT2D eigenvalue weighted by Gasteiger charge is -2.36. The first-order chi connectivity index (χ1) is 26.4. The number of aromatic nitrogens is 3. The number of rotatable bonds is 4. The maximum absolute atomic E-state index is 6.85. The van der Waals surface area contributed by atoms with Gasteiger partial charge in [-0.2, -0.15) is 0 Å². The summed E-state index contributed by atoms with van der Waals surface area (Å²) in [6, 6.07) is 49.9. The van der Waals surface area contributed by atoms with Crippen LogP contribution in [0.4, 0.5) is 22.9 Å².